The molecule has 9 heavy (non-hydrogen) atoms. The van der Waals surface area contributed by atoms with Gasteiger partial charge in [0.2, 0.25) is 0 Å². The molecule has 0 unspecified atom stereocenters. The van der Waals surface area contributed by atoms with Gasteiger partial charge in [0, 0.05) is 6.20 Å². The van der Waals surface area contributed by atoms with Crippen molar-refractivity contribution in [2.24, 2.45) is 0 Å². The van der Waals surface area contributed by atoms with E-state index in [2.05, 4.69) is 20.9 Å². The molecule has 2 nitrogen and oxygen atoms in total. The molecule has 46 valence electrons. The van der Waals surface area contributed by atoms with Crippen LogP contribution in [0.1, 0.15) is 5.69 Å². The smallest absolute Gasteiger partial charge is 0.123 e. The van der Waals surface area contributed by atoms with E-state index in [9.17, 15) is 0 Å². The van der Waals surface area contributed by atoms with Crippen molar-refractivity contribution in [1.29, 1.82) is 5.41 Å². The molecule has 0 fully saturated rings. The van der Waals surface area contributed by atoms with E-state index < -0.39 is 0 Å². The maximum absolute atomic E-state index is 7.09. The van der Waals surface area contributed by atoms with Crippen LogP contribution in [-0.2, 0) is 0 Å². The summed E-state index contributed by atoms with van der Waals surface area (Å²) in [6.07, 6.45) is 1.66. The first-order valence-corrected chi connectivity index (χ1v) is 3.25. The minimum atomic E-state index is 0.322. The zero-order chi connectivity index (χ0) is 6.69. The molecule has 0 bridgehead atoms. The largest absolute Gasteiger partial charge is 0.292 e. The lowest BCUT2D eigenvalue weighted by Crippen LogP contribution is -1.89. The molecule has 0 saturated heterocycles. The Balaban J connectivity index is 2.98. The van der Waals surface area contributed by atoms with Crippen molar-refractivity contribution in [3.05, 3.63) is 30.1 Å². The lowest BCUT2D eigenvalue weighted by atomic mass is 10.4. The zero-order valence-electron chi connectivity index (χ0n) is 4.63. The Kier molecular flexibility index (Phi) is 1.95. The van der Waals surface area contributed by atoms with Crippen molar-refractivity contribution < 1.29 is 0 Å². The fraction of sp³-hybridized carbons (Fsp3) is 0. The van der Waals surface area contributed by atoms with Gasteiger partial charge in [-0.05, 0) is 28.1 Å². The van der Waals surface area contributed by atoms with Crippen molar-refractivity contribution in [3.63, 3.8) is 0 Å². The summed E-state index contributed by atoms with van der Waals surface area (Å²) in [4.78, 5) is 3.91. The zero-order valence-corrected chi connectivity index (χ0v) is 6.22. The normalized spacial score (nSPS) is 9.00. The summed E-state index contributed by atoms with van der Waals surface area (Å²) >= 11 is 3.00. The van der Waals surface area contributed by atoms with Gasteiger partial charge in [0.15, 0.2) is 0 Å². The van der Waals surface area contributed by atoms with Crippen LogP contribution in [0.15, 0.2) is 24.4 Å². The van der Waals surface area contributed by atoms with Crippen molar-refractivity contribution >= 4 is 20.6 Å². The highest BCUT2D eigenvalue weighted by atomic mass is 79.9. The van der Waals surface area contributed by atoms with Gasteiger partial charge in [-0.25, -0.2) is 0 Å². The minimum Gasteiger partial charge on any atom is -0.292 e. The van der Waals surface area contributed by atoms with Crippen LogP contribution in [0.2, 0.25) is 0 Å². The van der Waals surface area contributed by atoms with Gasteiger partial charge in [0.1, 0.15) is 4.62 Å². The quantitative estimate of drug-likeness (QED) is 0.665. The van der Waals surface area contributed by atoms with E-state index in [-0.39, 0.29) is 0 Å². The molecular formula is C6H5BrN2. The van der Waals surface area contributed by atoms with Gasteiger partial charge >= 0.3 is 0 Å². The second-order valence-corrected chi connectivity index (χ2v) is 2.32. The molecule has 1 N–H and O–H groups in total. The van der Waals surface area contributed by atoms with Crippen LogP contribution < -0.4 is 0 Å². The lowest BCUT2D eigenvalue weighted by Gasteiger charge is -1.90. The van der Waals surface area contributed by atoms with E-state index in [4.69, 9.17) is 5.41 Å². The maximum Gasteiger partial charge on any atom is 0.123 e. The Morgan fingerprint density at radius 1 is 1.56 bits per heavy atom. The number of hydrogen-bond donors (Lipinski definition) is 1. The van der Waals surface area contributed by atoms with Crippen LogP contribution in [-0.4, -0.2) is 9.60 Å². The fourth-order valence-electron chi connectivity index (χ4n) is 0.493. The van der Waals surface area contributed by atoms with E-state index >= 15 is 0 Å². The van der Waals surface area contributed by atoms with Gasteiger partial charge in [0.05, 0.1) is 5.69 Å². The predicted molar refractivity (Wildman–Crippen MR) is 40.0 cm³/mol. The first-order valence-electron chi connectivity index (χ1n) is 2.46. The third kappa shape index (κ3) is 1.61. The highest BCUT2D eigenvalue weighted by Gasteiger charge is 1.92. The molecule has 0 radical (unpaired) electrons. The molecule has 0 aliphatic carbocycles. The molecule has 1 aromatic heterocycles. The lowest BCUT2D eigenvalue weighted by molar-refractivity contribution is 1.29. The summed E-state index contributed by atoms with van der Waals surface area (Å²) in [6, 6.07) is 5.44. The summed E-state index contributed by atoms with van der Waals surface area (Å²) in [7, 11) is 0. The van der Waals surface area contributed by atoms with Gasteiger partial charge in [-0.3, -0.25) is 10.4 Å². The van der Waals surface area contributed by atoms with E-state index in [1.807, 2.05) is 12.1 Å². The topological polar surface area (TPSA) is 36.7 Å². The summed E-state index contributed by atoms with van der Waals surface area (Å²) in [5.74, 6) is 0. The van der Waals surface area contributed by atoms with Crippen molar-refractivity contribution in [2.45, 2.75) is 0 Å². The van der Waals surface area contributed by atoms with Gasteiger partial charge in [0.25, 0.3) is 0 Å². The number of hydrogen-bond acceptors (Lipinski definition) is 2. The monoisotopic (exact) mass is 184 g/mol. The number of rotatable bonds is 1. The number of halogens is 1. The van der Waals surface area contributed by atoms with E-state index in [0.29, 0.717) is 10.3 Å². The van der Waals surface area contributed by atoms with Gasteiger partial charge in [-0.1, -0.05) is 6.07 Å². The highest BCUT2D eigenvalue weighted by Crippen LogP contribution is 1.98. The average molecular weight is 185 g/mol. The second-order valence-electron chi connectivity index (χ2n) is 1.53. The molecule has 0 saturated carbocycles. The molecule has 1 aromatic rings. The minimum absolute atomic E-state index is 0.322. The van der Waals surface area contributed by atoms with Gasteiger partial charge in [-0.15, -0.1) is 0 Å². The van der Waals surface area contributed by atoms with Crippen LogP contribution in [0.3, 0.4) is 0 Å². The van der Waals surface area contributed by atoms with E-state index in [0.717, 1.165) is 0 Å². The maximum atomic E-state index is 7.09. The molecule has 0 aliphatic heterocycles. The molecule has 0 aliphatic rings. The third-order valence-corrected chi connectivity index (χ3v) is 1.30. The standard InChI is InChI=1S/C6H5BrN2/c7-6(8)5-3-1-2-4-9-5/h1-4,8H. The van der Waals surface area contributed by atoms with Gasteiger partial charge in [-0.2, -0.15) is 0 Å². The molecule has 0 aromatic carbocycles. The number of aromatic nitrogens is 1. The Bertz CT molecular complexity index is 208. The summed E-state index contributed by atoms with van der Waals surface area (Å²) < 4.78 is 0.322. The average Bonchev–Trinajstić information content (AvgIpc) is 1.90. The first kappa shape index (κ1) is 6.42. The van der Waals surface area contributed by atoms with Crippen LogP contribution in [0, 0.1) is 5.41 Å². The molecule has 0 spiro atoms. The number of nitrogens with one attached hydrogen (secondary N) is 1. The molecule has 1 heterocycles. The number of nitrogens with zero attached hydrogens (tertiary/aromatic N) is 1. The Morgan fingerprint density at radius 3 is 2.67 bits per heavy atom. The van der Waals surface area contributed by atoms with Crippen LogP contribution >= 0.6 is 15.9 Å². The Hall–Kier alpha value is -0.700. The molecule has 0 amide bonds. The first-order chi connectivity index (χ1) is 4.30. The summed E-state index contributed by atoms with van der Waals surface area (Å²) in [5.41, 5.74) is 0.664. The van der Waals surface area contributed by atoms with E-state index in [1.54, 1.807) is 12.3 Å². The van der Waals surface area contributed by atoms with Crippen LogP contribution in [0.5, 0.6) is 0 Å². The SMILES string of the molecule is N=C(Br)c1ccccn1. The second kappa shape index (κ2) is 2.73. The van der Waals surface area contributed by atoms with E-state index in [1.165, 1.54) is 0 Å². The van der Waals surface area contributed by atoms with Crippen molar-refractivity contribution in [3.8, 4) is 0 Å². The van der Waals surface area contributed by atoms with Gasteiger partial charge < -0.3 is 0 Å². The van der Waals surface area contributed by atoms with Crippen molar-refractivity contribution in [2.75, 3.05) is 0 Å². The molecule has 3 heteroatoms. The molecule has 1 rings (SSSR count). The molecule has 0 atom stereocenters. The Morgan fingerprint density at radius 2 is 2.33 bits per heavy atom. The number of pyridine rings is 1. The predicted octanol–water partition coefficient (Wildman–Crippen LogP) is 1.80. The Labute approximate surface area is 61.6 Å². The fourth-order valence-corrected chi connectivity index (χ4v) is 0.727. The molecular weight excluding hydrogens is 180 g/mol. The summed E-state index contributed by atoms with van der Waals surface area (Å²) in [5, 5.41) is 7.09. The highest BCUT2D eigenvalue weighted by molar-refractivity contribution is 9.18. The third-order valence-electron chi connectivity index (χ3n) is 0.890. The summed E-state index contributed by atoms with van der Waals surface area (Å²) in [6.45, 7) is 0. The van der Waals surface area contributed by atoms with Crippen molar-refractivity contribution in [1.82, 2.24) is 4.98 Å². The van der Waals surface area contributed by atoms with Crippen LogP contribution in [0.25, 0.3) is 0 Å². The van der Waals surface area contributed by atoms with Crippen LogP contribution in [0.4, 0.5) is 0 Å².